The number of amides is 4. The number of imide groups is 2. The average molecular weight is 361 g/mol. The fourth-order valence-corrected chi connectivity index (χ4v) is 3.30. The van der Waals surface area contributed by atoms with Crippen molar-refractivity contribution in [3.8, 4) is 10.6 Å². The van der Waals surface area contributed by atoms with Crippen molar-refractivity contribution in [2.75, 3.05) is 6.54 Å². The summed E-state index contributed by atoms with van der Waals surface area (Å²) >= 11 is 1.33. The topological polar surface area (TPSA) is 70.6 Å². The maximum atomic E-state index is 13.0. The number of urea groups is 1. The molecule has 2 heterocycles. The summed E-state index contributed by atoms with van der Waals surface area (Å²) in [6.07, 6.45) is 0. The van der Waals surface area contributed by atoms with E-state index in [1.54, 1.807) is 17.5 Å². The summed E-state index contributed by atoms with van der Waals surface area (Å²) in [5.41, 5.74) is 1.25. The Bertz CT molecular complexity index is 832. The molecule has 1 aliphatic rings. The summed E-state index contributed by atoms with van der Waals surface area (Å²) in [7, 11) is 0. The van der Waals surface area contributed by atoms with E-state index in [1.807, 2.05) is 13.8 Å². The van der Waals surface area contributed by atoms with E-state index in [1.165, 1.54) is 23.5 Å². The number of nitrogens with zero attached hydrogens (tertiary/aromatic N) is 3. The van der Waals surface area contributed by atoms with Gasteiger partial charge in [0.05, 0.1) is 12.2 Å². The Kier molecular flexibility index (Phi) is 4.63. The highest BCUT2D eigenvalue weighted by Crippen LogP contribution is 2.25. The summed E-state index contributed by atoms with van der Waals surface area (Å²) in [5.74, 6) is -1.89. The van der Waals surface area contributed by atoms with Gasteiger partial charge in [-0.05, 0) is 30.2 Å². The van der Waals surface area contributed by atoms with Gasteiger partial charge in [0.1, 0.15) is 10.8 Å². The molecule has 0 aliphatic carbocycles. The Morgan fingerprint density at radius 3 is 2.36 bits per heavy atom. The lowest BCUT2D eigenvalue weighted by Gasteiger charge is -2.16. The van der Waals surface area contributed by atoms with Crippen LogP contribution in [0.4, 0.5) is 9.18 Å². The van der Waals surface area contributed by atoms with Crippen LogP contribution in [0.1, 0.15) is 19.5 Å². The van der Waals surface area contributed by atoms with Gasteiger partial charge in [0.25, 0.3) is 0 Å². The van der Waals surface area contributed by atoms with Gasteiger partial charge in [-0.3, -0.25) is 14.5 Å². The van der Waals surface area contributed by atoms with Crippen LogP contribution in [0.15, 0.2) is 29.6 Å². The first kappa shape index (κ1) is 17.2. The highest BCUT2D eigenvalue weighted by atomic mass is 32.1. The largest absolute Gasteiger partial charge is 0.334 e. The summed E-state index contributed by atoms with van der Waals surface area (Å²) in [5, 5.41) is 2.37. The Labute approximate surface area is 147 Å². The van der Waals surface area contributed by atoms with Crippen LogP contribution in [0.2, 0.25) is 0 Å². The van der Waals surface area contributed by atoms with E-state index in [2.05, 4.69) is 4.98 Å². The molecule has 6 nitrogen and oxygen atoms in total. The second-order valence-corrected chi connectivity index (χ2v) is 6.99. The van der Waals surface area contributed by atoms with Gasteiger partial charge in [0, 0.05) is 17.5 Å². The highest BCUT2D eigenvalue weighted by molar-refractivity contribution is 7.13. The van der Waals surface area contributed by atoms with Gasteiger partial charge in [0.15, 0.2) is 0 Å². The average Bonchev–Trinajstić information content (AvgIpc) is 3.11. The Morgan fingerprint density at radius 1 is 1.08 bits per heavy atom. The van der Waals surface area contributed by atoms with Crippen LogP contribution in [0, 0.1) is 11.7 Å². The molecule has 4 amide bonds. The monoisotopic (exact) mass is 361 g/mol. The van der Waals surface area contributed by atoms with Crippen LogP contribution >= 0.6 is 11.3 Å². The smallest absolute Gasteiger partial charge is 0.263 e. The molecule has 0 bridgehead atoms. The summed E-state index contributed by atoms with van der Waals surface area (Å²) in [6.45, 7) is 3.87. The molecule has 130 valence electrons. The van der Waals surface area contributed by atoms with Gasteiger partial charge >= 0.3 is 17.8 Å². The van der Waals surface area contributed by atoms with Gasteiger partial charge in [-0.2, -0.15) is 0 Å². The van der Waals surface area contributed by atoms with Crippen molar-refractivity contribution in [1.29, 1.82) is 0 Å². The fourth-order valence-electron chi connectivity index (χ4n) is 2.48. The van der Waals surface area contributed by atoms with E-state index >= 15 is 0 Å². The molecule has 1 fully saturated rings. The van der Waals surface area contributed by atoms with E-state index in [-0.39, 0.29) is 24.8 Å². The SMILES string of the molecule is CC(C)CN1C(=O)C(=O)N(Cc2csc(-c3ccc(F)cc3)n2)C1=O. The third kappa shape index (κ3) is 3.43. The maximum absolute atomic E-state index is 13.0. The van der Waals surface area contributed by atoms with Gasteiger partial charge < -0.3 is 0 Å². The van der Waals surface area contributed by atoms with Crippen molar-refractivity contribution >= 4 is 29.2 Å². The molecular weight excluding hydrogens is 345 g/mol. The standard InChI is InChI=1S/C17H16FN3O3S/c1-10(2)7-20-15(22)16(23)21(17(20)24)8-13-9-25-14(19-13)11-3-5-12(18)6-4-11/h3-6,9-10H,7-8H2,1-2H3. The van der Waals surface area contributed by atoms with Crippen molar-refractivity contribution in [2.24, 2.45) is 5.92 Å². The zero-order chi connectivity index (χ0) is 18.1. The van der Waals surface area contributed by atoms with E-state index in [0.717, 1.165) is 15.4 Å². The number of carbonyl (C=O) groups excluding carboxylic acids is 3. The minimum Gasteiger partial charge on any atom is -0.263 e. The van der Waals surface area contributed by atoms with Gasteiger partial charge in [-0.1, -0.05) is 13.8 Å². The number of hydrogen-bond acceptors (Lipinski definition) is 5. The van der Waals surface area contributed by atoms with E-state index < -0.39 is 17.8 Å². The number of carbonyl (C=O) groups is 3. The van der Waals surface area contributed by atoms with Crippen molar-refractivity contribution in [3.05, 3.63) is 41.2 Å². The molecule has 1 aliphatic heterocycles. The van der Waals surface area contributed by atoms with E-state index in [4.69, 9.17) is 0 Å². The van der Waals surface area contributed by atoms with Crippen LogP contribution in [-0.2, 0) is 16.1 Å². The first-order valence-corrected chi connectivity index (χ1v) is 8.62. The quantitative estimate of drug-likeness (QED) is 0.606. The second-order valence-electron chi connectivity index (χ2n) is 6.13. The second kappa shape index (κ2) is 6.72. The van der Waals surface area contributed by atoms with Crippen molar-refractivity contribution < 1.29 is 18.8 Å². The minimum absolute atomic E-state index is 0.0598. The third-order valence-corrected chi connectivity index (χ3v) is 4.59. The number of thiazole rings is 1. The normalized spacial score (nSPS) is 15.0. The van der Waals surface area contributed by atoms with E-state index in [0.29, 0.717) is 10.7 Å². The fraction of sp³-hybridized carbons (Fsp3) is 0.294. The third-order valence-electron chi connectivity index (χ3n) is 3.65. The lowest BCUT2D eigenvalue weighted by molar-refractivity contribution is -0.143. The first-order valence-electron chi connectivity index (χ1n) is 7.74. The number of benzene rings is 1. The van der Waals surface area contributed by atoms with Crippen LogP contribution in [0.3, 0.4) is 0 Å². The number of halogens is 1. The molecule has 1 aromatic heterocycles. The van der Waals surface area contributed by atoms with Crippen LogP contribution in [0.5, 0.6) is 0 Å². The van der Waals surface area contributed by atoms with Gasteiger partial charge in [0.2, 0.25) is 0 Å². The van der Waals surface area contributed by atoms with Gasteiger partial charge in [-0.15, -0.1) is 11.3 Å². The van der Waals surface area contributed by atoms with Crippen LogP contribution in [0.25, 0.3) is 10.6 Å². The Morgan fingerprint density at radius 2 is 1.72 bits per heavy atom. The minimum atomic E-state index is -0.831. The number of rotatable bonds is 5. The Balaban J connectivity index is 1.76. The number of hydrogen-bond donors (Lipinski definition) is 0. The molecule has 3 rings (SSSR count). The molecular formula is C17H16FN3O3S. The zero-order valence-corrected chi connectivity index (χ0v) is 14.5. The molecule has 8 heteroatoms. The van der Waals surface area contributed by atoms with Crippen molar-refractivity contribution in [1.82, 2.24) is 14.8 Å². The molecule has 0 unspecified atom stereocenters. The molecule has 0 radical (unpaired) electrons. The molecule has 1 saturated heterocycles. The molecule has 25 heavy (non-hydrogen) atoms. The lowest BCUT2D eigenvalue weighted by Crippen LogP contribution is -2.35. The zero-order valence-electron chi connectivity index (χ0n) is 13.7. The summed E-state index contributed by atoms with van der Waals surface area (Å²) in [6, 6.07) is 5.29. The van der Waals surface area contributed by atoms with Crippen LogP contribution < -0.4 is 0 Å². The molecule has 0 atom stereocenters. The predicted octanol–water partition coefficient (Wildman–Crippen LogP) is 2.90. The molecule has 0 spiro atoms. The molecule has 0 N–H and O–H groups in total. The molecule has 1 aromatic carbocycles. The summed E-state index contributed by atoms with van der Waals surface area (Å²) < 4.78 is 13.0. The lowest BCUT2D eigenvalue weighted by atomic mass is 10.2. The van der Waals surface area contributed by atoms with Gasteiger partial charge in [-0.25, -0.2) is 19.1 Å². The Hall–Kier alpha value is -2.61. The predicted molar refractivity (Wildman–Crippen MR) is 90.0 cm³/mol. The summed E-state index contributed by atoms with van der Waals surface area (Å²) in [4.78, 5) is 42.6. The first-order chi connectivity index (χ1) is 11.9. The van der Waals surface area contributed by atoms with Crippen LogP contribution in [-0.4, -0.2) is 39.2 Å². The van der Waals surface area contributed by atoms with E-state index in [9.17, 15) is 18.8 Å². The van der Waals surface area contributed by atoms with Crippen molar-refractivity contribution in [2.45, 2.75) is 20.4 Å². The maximum Gasteiger partial charge on any atom is 0.334 e. The number of aromatic nitrogens is 1. The molecule has 2 aromatic rings. The molecule has 0 saturated carbocycles. The highest BCUT2D eigenvalue weighted by Gasteiger charge is 2.44. The van der Waals surface area contributed by atoms with Crippen molar-refractivity contribution in [3.63, 3.8) is 0 Å².